The van der Waals surface area contributed by atoms with Crippen molar-refractivity contribution in [3.63, 3.8) is 0 Å². The molecule has 1 fully saturated rings. The number of ether oxygens (including phenoxy) is 1. The molecule has 0 aliphatic carbocycles. The van der Waals surface area contributed by atoms with Crippen LogP contribution in [0.25, 0.3) is 10.9 Å². The second-order valence-corrected chi connectivity index (χ2v) is 5.92. The van der Waals surface area contributed by atoms with Gasteiger partial charge < -0.3 is 19.7 Å². The smallest absolute Gasteiger partial charge is 0.259 e. The molecule has 0 radical (unpaired) electrons. The van der Waals surface area contributed by atoms with Gasteiger partial charge in [0.25, 0.3) is 5.91 Å². The van der Waals surface area contributed by atoms with Gasteiger partial charge in [0.1, 0.15) is 5.56 Å². The molecule has 1 amide bonds. The molecule has 23 heavy (non-hydrogen) atoms. The number of fused-ring (bicyclic) bond motifs is 1. The second kappa shape index (κ2) is 6.31. The van der Waals surface area contributed by atoms with Gasteiger partial charge in [0.15, 0.2) is 0 Å². The number of halogens is 1. The summed E-state index contributed by atoms with van der Waals surface area (Å²) < 4.78 is 5.21. The fourth-order valence-corrected chi connectivity index (χ4v) is 3.04. The first-order valence-electron chi connectivity index (χ1n) is 7.40. The SMILES string of the molecule is CCN(C(=O)c1c[nH]c2cc(Cl)ccc2c1=O)[C@@H]1COC[C@H]1O. The zero-order valence-corrected chi connectivity index (χ0v) is 13.3. The van der Waals surface area contributed by atoms with Crippen LogP contribution in [0.3, 0.4) is 0 Å². The number of hydrogen-bond acceptors (Lipinski definition) is 4. The van der Waals surface area contributed by atoms with Crippen LogP contribution >= 0.6 is 11.6 Å². The van der Waals surface area contributed by atoms with Gasteiger partial charge in [0.2, 0.25) is 5.43 Å². The summed E-state index contributed by atoms with van der Waals surface area (Å²) in [6.45, 7) is 2.64. The lowest BCUT2D eigenvalue weighted by Gasteiger charge is -2.28. The van der Waals surface area contributed by atoms with Crippen molar-refractivity contribution in [2.75, 3.05) is 19.8 Å². The number of H-pyrrole nitrogens is 1. The summed E-state index contributed by atoms with van der Waals surface area (Å²) in [6, 6.07) is 4.41. The summed E-state index contributed by atoms with van der Waals surface area (Å²) in [6.07, 6.45) is 0.658. The number of pyridine rings is 1. The van der Waals surface area contributed by atoms with Gasteiger partial charge in [-0.05, 0) is 25.1 Å². The van der Waals surface area contributed by atoms with Crippen molar-refractivity contribution in [1.82, 2.24) is 9.88 Å². The molecule has 2 N–H and O–H groups in total. The normalized spacial score (nSPS) is 20.8. The van der Waals surface area contributed by atoms with Gasteiger partial charge in [0.05, 0.1) is 30.9 Å². The fraction of sp³-hybridized carbons (Fsp3) is 0.375. The zero-order chi connectivity index (χ0) is 16.6. The van der Waals surface area contributed by atoms with Crippen molar-refractivity contribution in [3.8, 4) is 0 Å². The number of aromatic amines is 1. The third-order valence-corrected chi connectivity index (χ3v) is 4.33. The van der Waals surface area contributed by atoms with E-state index >= 15 is 0 Å². The van der Waals surface area contributed by atoms with E-state index in [9.17, 15) is 14.7 Å². The quantitative estimate of drug-likeness (QED) is 0.887. The lowest BCUT2D eigenvalue weighted by atomic mass is 10.1. The van der Waals surface area contributed by atoms with Gasteiger partial charge >= 0.3 is 0 Å². The highest BCUT2D eigenvalue weighted by Gasteiger charge is 2.34. The summed E-state index contributed by atoms with van der Waals surface area (Å²) in [5.74, 6) is -0.417. The number of likely N-dealkylation sites (N-methyl/N-ethyl adjacent to an activating group) is 1. The predicted octanol–water partition coefficient (Wildman–Crippen LogP) is 1.40. The van der Waals surface area contributed by atoms with E-state index < -0.39 is 18.1 Å². The molecular formula is C16H17ClN2O4. The summed E-state index contributed by atoms with van der Waals surface area (Å²) in [5, 5.41) is 10.8. The molecule has 0 unspecified atom stereocenters. The summed E-state index contributed by atoms with van der Waals surface area (Å²) in [7, 11) is 0. The molecule has 0 bridgehead atoms. The van der Waals surface area contributed by atoms with Crippen LogP contribution in [0.2, 0.25) is 5.02 Å². The maximum Gasteiger partial charge on any atom is 0.259 e. The number of rotatable bonds is 3. The molecule has 0 saturated carbocycles. The number of carbonyl (C=O) groups excluding carboxylic acids is 1. The Bertz CT molecular complexity index is 804. The summed E-state index contributed by atoms with van der Waals surface area (Å²) in [4.78, 5) is 29.8. The fourth-order valence-electron chi connectivity index (χ4n) is 2.87. The lowest BCUT2D eigenvalue weighted by molar-refractivity contribution is 0.0519. The minimum atomic E-state index is -0.739. The Labute approximate surface area is 137 Å². The van der Waals surface area contributed by atoms with Crippen LogP contribution in [0.15, 0.2) is 29.2 Å². The number of aliphatic hydroxyl groups is 1. The summed E-state index contributed by atoms with van der Waals surface area (Å²) in [5.41, 5.74) is 0.263. The van der Waals surface area contributed by atoms with E-state index in [1.54, 1.807) is 25.1 Å². The molecule has 2 aromatic rings. The van der Waals surface area contributed by atoms with Crippen LogP contribution in [0.5, 0.6) is 0 Å². The first-order chi connectivity index (χ1) is 11.0. The first-order valence-corrected chi connectivity index (χ1v) is 7.78. The van der Waals surface area contributed by atoms with E-state index in [-0.39, 0.29) is 24.2 Å². The molecule has 1 aromatic carbocycles. The molecule has 2 atom stereocenters. The topological polar surface area (TPSA) is 82.6 Å². The molecule has 7 heteroatoms. The van der Waals surface area contributed by atoms with E-state index in [2.05, 4.69) is 4.98 Å². The molecule has 6 nitrogen and oxygen atoms in total. The van der Waals surface area contributed by atoms with Gasteiger partial charge in [-0.3, -0.25) is 9.59 Å². The minimum absolute atomic E-state index is 0.0424. The predicted molar refractivity (Wildman–Crippen MR) is 86.9 cm³/mol. The Morgan fingerprint density at radius 2 is 2.26 bits per heavy atom. The van der Waals surface area contributed by atoms with Crippen molar-refractivity contribution >= 4 is 28.4 Å². The highest BCUT2D eigenvalue weighted by Crippen LogP contribution is 2.18. The van der Waals surface area contributed by atoms with E-state index in [0.29, 0.717) is 22.5 Å². The Kier molecular flexibility index (Phi) is 4.39. The number of nitrogens with zero attached hydrogens (tertiary/aromatic N) is 1. The maximum absolute atomic E-state index is 12.8. The van der Waals surface area contributed by atoms with Gasteiger partial charge in [-0.2, -0.15) is 0 Å². The number of aromatic nitrogens is 1. The number of amides is 1. The summed E-state index contributed by atoms with van der Waals surface area (Å²) >= 11 is 5.91. The monoisotopic (exact) mass is 336 g/mol. The Balaban J connectivity index is 2.01. The maximum atomic E-state index is 12.8. The largest absolute Gasteiger partial charge is 0.388 e. The molecule has 122 valence electrons. The molecule has 3 rings (SSSR count). The van der Waals surface area contributed by atoms with Crippen molar-refractivity contribution in [1.29, 1.82) is 0 Å². The average molecular weight is 337 g/mol. The Morgan fingerprint density at radius 3 is 2.91 bits per heavy atom. The van der Waals surface area contributed by atoms with Gasteiger partial charge in [-0.25, -0.2) is 0 Å². The van der Waals surface area contributed by atoms with Crippen molar-refractivity contribution < 1.29 is 14.6 Å². The van der Waals surface area contributed by atoms with Crippen LogP contribution < -0.4 is 5.43 Å². The molecular weight excluding hydrogens is 320 g/mol. The Morgan fingerprint density at radius 1 is 1.48 bits per heavy atom. The van der Waals surface area contributed by atoms with Crippen LogP contribution in [0, 0.1) is 0 Å². The van der Waals surface area contributed by atoms with Crippen LogP contribution in [-0.4, -0.2) is 52.8 Å². The van der Waals surface area contributed by atoms with Crippen LogP contribution in [-0.2, 0) is 4.74 Å². The minimum Gasteiger partial charge on any atom is -0.388 e. The van der Waals surface area contributed by atoms with Crippen LogP contribution in [0.1, 0.15) is 17.3 Å². The van der Waals surface area contributed by atoms with E-state index in [1.165, 1.54) is 11.1 Å². The van der Waals surface area contributed by atoms with E-state index in [4.69, 9.17) is 16.3 Å². The van der Waals surface area contributed by atoms with Gasteiger partial charge in [-0.15, -0.1) is 0 Å². The molecule has 1 aliphatic rings. The number of hydrogen-bond donors (Lipinski definition) is 2. The molecule has 1 aromatic heterocycles. The molecule has 1 aliphatic heterocycles. The number of benzene rings is 1. The zero-order valence-electron chi connectivity index (χ0n) is 12.6. The standard InChI is InChI=1S/C16H17ClN2O4/c1-2-19(13-7-23-8-14(13)20)16(22)11-6-18-12-5-9(17)3-4-10(12)15(11)21/h3-6,13-14,20H,2,7-8H2,1H3,(H,18,21)/t13-,14-/m1/s1. The van der Waals surface area contributed by atoms with Gasteiger partial charge in [-0.1, -0.05) is 11.6 Å². The second-order valence-electron chi connectivity index (χ2n) is 5.48. The van der Waals surface area contributed by atoms with Crippen molar-refractivity contribution in [3.05, 3.63) is 45.2 Å². The number of aliphatic hydroxyl groups excluding tert-OH is 1. The highest BCUT2D eigenvalue weighted by molar-refractivity contribution is 6.31. The lowest BCUT2D eigenvalue weighted by Crippen LogP contribution is -2.47. The number of nitrogens with one attached hydrogen (secondary N) is 1. The van der Waals surface area contributed by atoms with E-state index in [1.807, 2.05) is 0 Å². The third-order valence-electron chi connectivity index (χ3n) is 4.10. The van der Waals surface area contributed by atoms with Gasteiger partial charge in [0, 0.05) is 23.2 Å². The van der Waals surface area contributed by atoms with Crippen molar-refractivity contribution in [2.24, 2.45) is 0 Å². The molecule has 0 spiro atoms. The van der Waals surface area contributed by atoms with Crippen LogP contribution in [0.4, 0.5) is 0 Å². The molecule has 2 heterocycles. The van der Waals surface area contributed by atoms with Crippen molar-refractivity contribution in [2.45, 2.75) is 19.1 Å². The first kappa shape index (κ1) is 16.0. The average Bonchev–Trinajstić information content (AvgIpc) is 2.94. The molecule has 1 saturated heterocycles. The van der Waals surface area contributed by atoms with E-state index in [0.717, 1.165) is 0 Å². The third kappa shape index (κ3) is 2.85. The number of carbonyl (C=O) groups is 1. The Hall–Kier alpha value is -1.89. The highest BCUT2D eigenvalue weighted by atomic mass is 35.5.